The summed E-state index contributed by atoms with van der Waals surface area (Å²) in [6.07, 6.45) is 5.97. The van der Waals surface area contributed by atoms with E-state index in [0.717, 1.165) is 43.8 Å². The summed E-state index contributed by atoms with van der Waals surface area (Å²) in [7, 11) is 0. The molecule has 32 heavy (non-hydrogen) atoms. The Morgan fingerprint density at radius 1 is 0.938 bits per heavy atom. The highest BCUT2D eigenvalue weighted by atomic mass is 32.1. The first-order valence-electron chi connectivity index (χ1n) is 10.0. The van der Waals surface area contributed by atoms with Gasteiger partial charge in [0.1, 0.15) is 4.88 Å². The van der Waals surface area contributed by atoms with Gasteiger partial charge in [-0.15, -0.1) is 11.3 Å². The third-order valence-corrected chi connectivity index (χ3v) is 7.27. The molecule has 0 bridgehead atoms. The van der Waals surface area contributed by atoms with Crippen LogP contribution in [0.1, 0.15) is 15.4 Å². The number of anilines is 1. The molecule has 0 fully saturated rings. The number of amides is 1. The number of hydrogen-bond donors (Lipinski definition) is 1. The minimum Gasteiger partial charge on any atom is -0.321 e. The topological polar surface area (TPSA) is 63.7 Å². The number of benzene rings is 2. The fraction of sp³-hybridized carbons (Fsp3) is 0.0417. The lowest BCUT2D eigenvalue weighted by molar-refractivity contribution is 0.102. The van der Waals surface area contributed by atoms with Gasteiger partial charge < -0.3 is 5.32 Å². The summed E-state index contributed by atoms with van der Waals surface area (Å²) < 4.78 is 3.98. The Bertz CT molecular complexity index is 1560. The van der Waals surface area contributed by atoms with Crippen molar-refractivity contribution < 1.29 is 4.79 Å². The zero-order chi connectivity index (χ0) is 21.7. The number of nitrogens with zero attached hydrogens (tertiary/aromatic N) is 4. The third kappa shape index (κ3) is 3.21. The first-order chi connectivity index (χ1) is 15.7. The summed E-state index contributed by atoms with van der Waals surface area (Å²) >= 11 is 2.99. The van der Waals surface area contributed by atoms with Crippen molar-refractivity contribution in [1.82, 2.24) is 18.8 Å². The molecule has 4 aromatic heterocycles. The van der Waals surface area contributed by atoms with E-state index in [1.165, 1.54) is 11.3 Å². The third-order valence-electron chi connectivity index (χ3n) is 5.34. The predicted molar refractivity (Wildman–Crippen MR) is 130 cm³/mol. The smallest absolute Gasteiger partial charge is 0.267 e. The van der Waals surface area contributed by atoms with Gasteiger partial charge in [0.25, 0.3) is 5.91 Å². The highest BCUT2D eigenvalue weighted by molar-refractivity contribution is 7.19. The van der Waals surface area contributed by atoms with Crippen molar-refractivity contribution in [1.29, 1.82) is 0 Å². The fourth-order valence-electron chi connectivity index (χ4n) is 3.72. The second-order valence-corrected chi connectivity index (χ2v) is 9.27. The van der Waals surface area contributed by atoms with Crippen LogP contribution in [0.15, 0.2) is 78.6 Å². The quantitative estimate of drug-likeness (QED) is 0.355. The lowest BCUT2D eigenvalue weighted by Gasteiger charge is -2.06. The van der Waals surface area contributed by atoms with Crippen molar-refractivity contribution in [2.45, 2.75) is 6.92 Å². The summed E-state index contributed by atoms with van der Waals surface area (Å²) in [6, 6.07) is 17.8. The lowest BCUT2D eigenvalue weighted by Crippen LogP contribution is -2.11. The monoisotopic (exact) mass is 455 g/mol. The number of fused-ring (bicyclic) bond motifs is 2. The largest absolute Gasteiger partial charge is 0.321 e. The average molecular weight is 456 g/mol. The van der Waals surface area contributed by atoms with Crippen molar-refractivity contribution in [2.24, 2.45) is 0 Å². The minimum absolute atomic E-state index is 0.137. The summed E-state index contributed by atoms with van der Waals surface area (Å²) in [5.74, 6) is -0.137. The van der Waals surface area contributed by atoms with Gasteiger partial charge in [-0.1, -0.05) is 53.8 Å². The first kappa shape index (κ1) is 19.0. The van der Waals surface area contributed by atoms with Crippen molar-refractivity contribution in [3.05, 3.63) is 89.1 Å². The fourth-order valence-corrected chi connectivity index (χ4v) is 5.42. The molecule has 0 spiro atoms. The van der Waals surface area contributed by atoms with Crippen LogP contribution in [0.4, 0.5) is 5.69 Å². The molecule has 8 heteroatoms. The molecule has 0 aliphatic rings. The van der Waals surface area contributed by atoms with E-state index in [1.807, 2.05) is 94.3 Å². The molecule has 156 valence electrons. The van der Waals surface area contributed by atoms with Gasteiger partial charge in [-0.05, 0) is 19.1 Å². The van der Waals surface area contributed by atoms with E-state index in [1.54, 1.807) is 11.3 Å². The van der Waals surface area contributed by atoms with E-state index >= 15 is 0 Å². The number of carbonyl (C=O) groups excluding carboxylic acids is 1. The molecule has 2 aromatic carbocycles. The highest BCUT2D eigenvalue weighted by Gasteiger charge is 2.18. The molecule has 6 nitrogen and oxygen atoms in total. The number of carbonyl (C=O) groups is 1. The molecule has 0 unspecified atom stereocenters. The van der Waals surface area contributed by atoms with Gasteiger partial charge in [0.15, 0.2) is 9.92 Å². The Hall–Kier alpha value is -3.75. The summed E-state index contributed by atoms with van der Waals surface area (Å²) in [4.78, 5) is 24.8. The van der Waals surface area contributed by atoms with Gasteiger partial charge in [0, 0.05) is 46.5 Å². The maximum atomic E-state index is 13.0. The van der Waals surface area contributed by atoms with Crippen LogP contribution in [-0.2, 0) is 0 Å². The Morgan fingerprint density at radius 3 is 2.53 bits per heavy atom. The van der Waals surface area contributed by atoms with E-state index in [2.05, 4.69) is 10.3 Å². The van der Waals surface area contributed by atoms with E-state index < -0.39 is 0 Å². The summed E-state index contributed by atoms with van der Waals surface area (Å²) in [5, 5.41) is 5.04. The molecule has 0 aliphatic carbocycles. The van der Waals surface area contributed by atoms with E-state index in [0.29, 0.717) is 4.88 Å². The molecule has 0 aliphatic heterocycles. The Labute approximate surface area is 191 Å². The molecular weight excluding hydrogens is 438 g/mol. The van der Waals surface area contributed by atoms with Gasteiger partial charge in [-0.3, -0.25) is 13.6 Å². The minimum atomic E-state index is -0.137. The van der Waals surface area contributed by atoms with Gasteiger partial charge in [0.05, 0.1) is 11.4 Å². The molecule has 1 amide bonds. The van der Waals surface area contributed by atoms with Crippen LogP contribution in [0.2, 0.25) is 0 Å². The molecule has 6 rings (SSSR count). The van der Waals surface area contributed by atoms with Crippen LogP contribution in [-0.4, -0.2) is 24.7 Å². The molecular formula is C24H17N5OS2. The molecule has 4 heterocycles. The standard InChI is InChI=1S/C24H17N5OS2/c1-15-21(32-24-27-20(14-29(15)24)16-6-3-2-4-7-16)22(30)25-18-9-5-8-17(12-18)19-13-28-10-11-31-23(28)26-19/h2-14H,1H3,(H,25,30). The van der Waals surface area contributed by atoms with Gasteiger partial charge in [0.2, 0.25) is 0 Å². The van der Waals surface area contributed by atoms with Crippen molar-refractivity contribution >= 4 is 44.2 Å². The Morgan fingerprint density at radius 2 is 1.72 bits per heavy atom. The highest BCUT2D eigenvalue weighted by Crippen LogP contribution is 2.29. The van der Waals surface area contributed by atoms with E-state index in [9.17, 15) is 4.79 Å². The zero-order valence-corrected chi connectivity index (χ0v) is 18.7. The zero-order valence-electron chi connectivity index (χ0n) is 17.0. The second kappa shape index (κ2) is 7.44. The summed E-state index contributed by atoms with van der Waals surface area (Å²) in [5.41, 5.74) is 5.42. The maximum absolute atomic E-state index is 13.0. The number of aromatic nitrogens is 4. The van der Waals surface area contributed by atoms with E-state index in [-0.39, 0.29) is 5.91 Å². The van der Waals surface area contributed by atoms with E-state index in [4.69, 9.17) is 4.98 Å². The van der Waals surface area contributed by atoms with Crippen LogP contribution in [0.25, 0.3) is 32.4 Å². The maximum Gasteiger partial charge on any atom is 0.267 e. The van der Waals surface area contributed by atoms with Crippen molar-refractivity contribution in [3.8, 4) is 22.5 Å². The Kier molecular flexibility index (Phi) is 4.41. The van der Waals surface area contributed by atoms with Gasteiger partial charge in [-0.25, -0.2) is 9.97 Å². The molecule has 1 N–H and O–H groups in total. The molecule has 0 saturated heterocycles. The lowest BCUT2D eigenvalue weighted by atomic mass is 10.1. The Balaban J connectivity index is 1.27. The number of nitrogens with one attached hydrogen (secondary N) is 1. The molecule has 0 radical (unpaired) electrons. The van der Waals surface area contributed by atoms with Crippen LogP contribution >= 0.6 is 22.7 Å². The molecule has 6 aromatic rings. The number of imidazole rings is 2. The normalized spacial score (nSPS) is 11.4. The van der Waals surface area contributed by atoms with Crippen molar-refractivity contribution in [2.75, 3.05) is 5.32 Å². The average Bonchev–Trinajstić information content (AvgIpc) is 3.56. The van der Waals surface area contributed by atoms with Gasteiger partial charge in [-0.2, -0.15) is 0 Å². The van der Waals surface area contributed by atoms with Crippen LogP contribution in [0.5, 0.6) is 0 Å². The number of aryl methyl sites for hydroxylation is 1. The van der Waals surface area contributed by atoms with Crippen molar-refractivity contribution in [3.63, 3.8) is 0 Å². The van der Waals surface area contributed by atoms with Crippen LogP contribution in [0.3, 0.4) is 0 Å². The molecule has 0 saturated carbocycles. The van der Waals surface area contributed by atoms with Crippen LogP contribution < -0.4 is 5.32 Å². The number of hydrogen-bond acceptors (Lipinski definition) is 5. The van der Waals surface area contributed by atoms with Gasteiger partial charge >= 0.3 is 0 Å². The first-order valence-corrected chi connectivity index (χ1v) is 11.7. The number of thiazole rings is 2. The SMILES string of the molecule is Cc1c(C(=O)Nc2cccc(-c3cn4ccsc4n3)c2)sc2nc(-c3ccccc3)cn12. The summed E-state index contributed by atoms with van der Waals surface area (Å²) in [6.45, 7) is 1.95. The predicted octanol–water partition coefficient (Wildman–Crippen LogP) is 6.00. The molecule has 0 atom stereocenters. The number of rotatable bonds is 4. The second-order valence-electron chi connectivity index (χ2n) is 7.42. The van der Waals surface area contributed by atoms with Crippen LogP contribution in [0, 0.1) is 6.92 Å².